The topological polar surface area (TPSA) is 55.4 Å². The van der Waals surface area contributed by atoms with Gasteiger partial charge in [0.1, 0.15) is 0 Å². The van der Waals surface area contributed by atoms with Gasteiger partial charge in [0, 0.05) is 0 Å². The molecule has 0 radical (unpaired) electrons. The van der Waals surface area contributed by atoms with Crippen LogP contribution in [0.2, 0.25) is 0 Å². The minimum atomic E-state index is 0.650. The average Bonchev–Trinajstić information content (AvgIpc) is 3.14. The molecule has 0 spiro atoms. The molecule has 0 N–H and O–H groups in total. The van der Waals surface area contributed by atoms with E-state index < -0.39 is 0 Å². The Morgan fingerprint density at radius 3 is 0.700 bits per heavy atom. The van der Waals surface area contributed by atoms with Gasteiger partial charge in [-0.15, -0.1) is 0 Å². The minimum Gasteiger partial charge on any atom is -0.493 e. The summed E-state index contributed by atoms with van der Waals surface area (Å²) in [7, 11) is 1.72. The fraction of sp³-hybridized carbons (Fsp3) is 0.591. The van der Waals surface area contributed by atoms with Crippen molar-refractivity contribution in [3.63, 3.8) is 0 Å². The maximum Gasteiger partial charge on any atom is 0.161 e. The molecule has 0 aliphatic rings. The number of methoxy groups -OCH3 is 1. The molecule has 4 aromatic rings. The highest BCUT2D eigenvalue weighted by Gasteiger charge is 2.20. The van der Waals surface area contributed by atoms with Gasteiger partial charge in [-0.1, -0.05) is 98.8 Å². The first kappa shape index (κ1) is 39.2. The van der Waals surface area contributed by atoms with Gasteiger partial charge in [0.15, 0.2) is 34.5 Å². The van der Waals surface area contributed by atoms with E-state index in [0.29, 0.717) is 33.0 Å². The third-order valence-electron chi connectivity index (χ3n) is 9.37. The fourth-order valence-corrected chi connectivity index (χ4v) is 6.41. The second-order valence-corrected chi connectivity index (χ2v) is 13.5. The Hall–Kier alpha value is -3.54. The van der Waals surface area contributed by atoms with Crippen molar-refractivity contribution in [1.29, 1.82) is 0 Å². The SMILES string of the molecule is CCCCCOc1cc2c(cc1OC)c1cc(OCCCCC)c(OCCCCC)cc1c1cc(OCCCCC)c(OCCCCC)cc21. The molecular formula is C44H64O6. The maximum atomic E-state index is 6.50. The average molecular weight is 689 g/mol. The van der Waals surface area contributed by atoms with Crippen LogP contribution in [0.3, 0.4) is 0 Å². The second-order valence-electron chi connectivity index (χ2n) is 13.5. The van der Waals surface area contributed by atoms with Crippen LogP contribution in [0.15, 0.2) is 36.4 Å². The zero-order valence-corrected chi connectivity index (χ0v) is 32.1. The molecule has 6 heteroatoms. The summed E-state index contributed by atoms with van der Waals surface area (Å²) in [4.78, 5) is 0. The Balaban J connectivity index is 1.97. The first-order valence-corrected chi connectivity index (χ1v) is 19.8. The highest BCUT2D eigenvalue weighted by atomic mass is 16.5. The van der Waals surface area contributed by atoms with Crippen LogP contribution in [-0.2, 0) is 0 Å². The first-order chi connectivity index (χ1) is 24.6. The molecule has 0 amide bonds. The maximum absolute atomic E-state index is 6.50. The largest absolute Gasteiger partial charge is 0.493 e. The summed E-state index contributed by atoms with van der Waals surface area (Å²) in [5.74, 6) is 4.65. The molecule has 0 aliphatic heterocycles. The molecule has 0 aliphatic carbocycles. The van der Waals surface area contributed by atoms with E-state index in [2.05, 4.69) is 71.0 Å². The van der Waals surface area contributed by atoms with Gasteiger partial charge in [0.05, 0.1) is 40.1 Å². The van der Waals surface area contributed by atoms with Gasteiger partial charge in [0.2, 0.25) is 0 Å². The normalized spacial score (nSPS) is 11.4. The van der Waals surface area contributed by atoms with Gasteiger partial charge >= 0.3 is 0 Å². The third-order valence-corrected chi connectivity index (χ3v) is 9.37. The number of benzene rings is 4. The number of fused-ring (bicyclic) bond motifs is 6. The van der Waals surface area contributed by atoms with E-state index in [9.17, 15) is 0 Å². The summed E-state index contributed by atoms with van der Waals surface area (Å²) in [6, 6.07) is 13.0. The van der Waals surface area contributed by atoms with Crippen molar-refractivity contribution >= 4 is 32.3 Å². The predicted octanol–water partition coefficient (Wildman–Crippen LogP) is 13.0. The summed E-state index contributed by atoms with van der Waals surface area (Å²) < 4.78 is 38.3. The van der Waals surface area contributed by atoms with E-state index in [4.69, 9.17) is 28.4 Å². The van der Waals surface area contributed by atoms with Crippen molar-refractivity contribution in [3.05, 3.63) is 36.4 Å². The summed E-state index contributed by atoms with van der Waals surface area (Å²) in [5.41, 5.74) is 0. The highest BCUT2D eigenvalue weighted by Crippen LogP contribution is 2.47. The van der Waals surface area contributed by atoms with E-state index in [1.165, 1.54) is 0 Å². The van der Waals surface area contributed by atoms with Crippen molar-refractivity contribution in [2.24, 2.45) is 0 Å². The van der Waals surface area contributed by atoms with Crippen LogP contribution >= 0.6 is 0 Å². The van der Waals surface area contributed by atoms with Gasteiger partial charge in [-0.05, 0) is 101 Å². The van der Waals surface area contributed by atoms with Crippen LogP contribution in [0.4, 0.5) is 0 Å². The molecule has 0 heterocycles. The molecule has 0 atom stereocenters. The van der Waals surface area contributed by atoms with E-state index in [1.54, 1.807) is 7.11 Å². The first-order valence-electron chi connectivity index (χ1n) is 19.8. The molecule has 0 unspecified atom stereocenters. The Morgan fingerprint density at radius 1 is 0.300 bits per heavy atom. The standard InChI is InChI=1S/C44H64O6/c1-7-12-17-22-46-40-28-34-33(27-39(40)45-6)35-29-41(47-23-18-13-8-2)43(49-25-20-15-10-4)31-37(35)38-32-44(50-26-21-16-11-5)42(30-36(34)38)48-24-19-14-9-3/h27-32H,7-26H2,1-6H3. The molecule has 0 aromatic heterocycles. The van der Waals surface area contributed by atoms with Crippen LogP contribution < -0.4 is 28.4 Å². The Kier molecular flexibility index (Phi) is 17.0. The molecule has 0 saturated carbocycles. The van der Waals surface area contributed by atoms with Crippen LogP contribution in [0, 0.1) is 0 Å². The Bertz CT molecular complexity index is 1550. The number of ether oxygens (including phenoxy) is 6. The summed E-state index contributed by atoms with van der Waals surface area (Å²) in [5, 5.41) is 6.53. The molecule has 276 valence electrons. The van der Waals surface area contributed by atoms with Gasteiger partial charge < -0.3 is 28.4 Å². The minimum absolute atomic E-state index is 0.650. The van der Waals surface area contributed by atoms with E-state index in [-0.39, 0.29) is 0 Å². The molecule has 0 bridgehead atoms. The zero-order valence-electron chi connectivity index (χ0n) is 32.1. The summed E-state index contributed by atoms with van der Waals surface area (Å²) >= 11 is 0. The zero-order chi connectivity index (χ0) is 35.6. The second kappa shape index (κ2) is 21.6. The quantitative estimate of drug-likeness (QED) is 0.0483. The fourth-order valence-electron chi connectivity index (χ4n) is 6.41. The number of unbranched alkanes of at least 4 members (excludes halogenated alkanes) is 10. The molecule has 4 rings (SSSR count). The molecule has 4 aromatic carbocycles. The number of rotatable bonds is 26. The van der Waals surface area contributed by atoms with Gasteiger partial charge in [-0.3, -0.25) is 0 Å². The van der Waals surface area contributed by atoms with Crippen molar-refractivity contribution in [3.8, 4) is 34.5 Å². The van der Waals surface area contributed by atoms with E-state index in [1.807, 2.05) is 0 Å². The van der Waals surface area contributed by atoms with E-state index >= 15 is 0 Å². The van der Waals surface area contributed by atoms with Crippen molar-refractivity contribution in [2.75, 3.05) is 40.1 Å². The molecule has 6 nitrogen and oxygen atoms in total. The molecule has 0 fully saturated rings. The lowest BCUT2D eigenvalue weighted by Crippen LogP contribution is -2.04. The summed E-state index contributed by atoms with van der Waals surface area (Å²) in [6.45, 7) is 14.4. The monoisotopic (exact) mass is 688 g/mol. The van der Waals surface area contributed by atoms with Crippen LogP contribution in [0.1, 0.15) is 131 Å². The predicted molar refractivity (Wildman–Crippen MR) is 211 cm³/mol. The Morgan fingerprint density at radius 2 is 0.500 bits per heavy atom. The highest BCUT2D eigenvalue weighted by molar-refractivity contribution is 6.26. The molecule has 50 heavy (non-hydrogen) atoms. The van der Waals surface area contributed by atoms with Crippen LogP contribution in [0.5, 0.6) is 34.5 Å². The van der Waals surface area contributed by atoms with Crippen molar-refractivity contribution in [1.82, 2.24) is 0 Å². The molecular weight excluding hydrogens is 624 g/mol. The number of hydrogen-bond acceptors (Lipinski definition) is 6. The van der Waals surface area contributed by atoms with E-state index in [0.717, 1.165) is 163 Å². The number of hydrogen-bond donors (Lipinski definition) is 0. The van der Waals surface area contributed by atoms with Crippen molar-refractivity contribution < 1.29 is 28.4 Å². The van der Waals surface area contributed by atoms with Crippen molar-refractivity contribution in [2.45, 2.75) is 131 Å². The van der Waals surface area contributed by atoms with Crippen LogP contribution in [-0.4, -0.2) is 40.1 Å². The van der Waals surface area contributed by atoms with Gasteiger partial charge in [-0.25, -0.2) is 0 Å². The Labute approximate surface area is 302 Å². The molecule has 0 saturated heterocycles. The smallest absolute Gasteiger partial charge is 0.161 e. The lowest BCUT2D eigenvalue weighted by Gasteiger charge is -2.20. The third kappa shape index (κ3) is 10.7. The van der Waals surface area contributed by atoms with Gasteiger partial charge in [0.25, 0.3) is 0 Å². The van der Waals surface area contributed by atoms with Crippen LogP contribution in [0.25, 0.3) is 32.3 Å². The lowest BCUT2D eigenvalue weighted by atomic mass is 9.93. The lowest BCUT2D eigenvalue weighted by molar-refractivity contribution is 0.260. The summed E-state index contributed by atoms with van der Waals surface area (Å²) in [6.07, 6.45) is 16.4. The van der Waals surface area contributed by atoms with Gasteiger partial charge in [-0.2, -0.15) is 0 Å².